The number of ketones is 1. The van der Waals surface area contributed by atoms with E-state index in [1.54, 1.807) is 0 Å². The molecule has 0 aliphatic heterocycles. The van der Waals surface area contributed by atoms with E-state index in [0.29, 0.717) is 35.9 Å². The lowest BCUT2D eigenvalue weighted by molar-refractivity contribution is -0.116. The molecule has 3 fully saturated rings. The lowest BCUT2D eigenvalue weighted by atomic mass is 9.48. The maximum absolute atomic E-state index is 11.9. The highest BCUT2D eigenvalue weighted by molar-refractivity contribution is 5.91. The second-order valence-electron chi connectivity index (χ2n) is 8.97. The van der Waals surface area contributed by atoms with Gasteiger partial charge in [-0.3, -0.25) is 4.79 Å². The van der Waals surface area contributed by atoms with Crippen molar-refractivity contribution in [1.82, 2.24) is 0 Å². The minimum Gasteiger partial charge on any atom is -0.385 e. The highest BCUT2D eigenvalue weighted by atomic mass is 16.3. The van der Waals surface area contributed by atoms with Crippen LogP contribution in [0.4, 0.5) is 0 Å². The van der Waals surface area contributed by atoms with Crippen LogP contribution < -0.4 is 0 Å². The first kappa shape index (κ1) is 17.3. The Kier molecular flexibility index (Phi) is 4.11. The van der Waals surface area contributed by atoms with Gasteiger partial charge in [0.15, 0.2) is 5.78 Å². The van der Waals surface area contributed by atoms with Crippen molar-refractivity contribution in [2.75, 3.05) is 0 Å². The molecule has 1 N–H and O–H groups in total. The zero-order valence-corrected chi connectivity index (χ0v) is 15.8. The molecule has 2 nitrogen and oxygen atoms in total. The lowest BCUT2D eigenvalue weighted by Gasteiger charge is -2.57. The zero-order chi connectivity index (χ0) is 17.8. The molecule has 0 radical (unpaired) electrons. The van der Waals surface area contributed by atoms with Crippen LogP contribution in [0.1, 0.15) is 65.2 Å². The molecule has 0 aromatic carbocycles. The standard InChI is InChI=1S/C23H32O2/c1-4-11-23(25)12-10-20-19-8-6-16-13-17(24)7-9-18(16)21(19)15(3)14-22(20,23)5-2/h4,11,13,18-21,25H,3,5-10,12,14H2,1-2H3/b11-4+/t18?,19?,20?,21?,22-,23-/m0/s1. The van der Waals surface area contributed by atoms with Gasteiger partial charge in [-0.2, -0.15) is 0 Å². The first-order chi connectivity index (χ1) is 12.0. The first-order valence-corrected chi connectivity index (χ1v) is 10.2. The monoisotopic (exact) mass is 340 g/mol. The van der Waals surface area contributed by atoms with E-state index in [2.05, 4.69) is 19.6 Å². The van der Waals surface area contributed by atoms with Crippen molar-refractivity contribution in [3.63, 3.8) is 0 Å². The van der Waals surface area contributed by atoms with E-state index in [1.807, 2.05) is 19.1 Å². The number of rotatable bonds is 2. The summed E-state index contributed by atoms with van der Waals surface area (Å²) in [7, 11) is 0. The second-order valence-corrected chi connectivity index (χ2v) is 8.97. The van der Waals surface area contributed by atoms with Crippen molar-refractivity contribution >= 4 is 5.78 Å². The molecule has 0 bridgehead atoms. The summed E-state index contributed by atoms with van der Waals surface area (Å²) in [6, 6.07) is 0. The fourth-order valence-electron chi connectivity index (χ4n) is 7.26. The van der Waals surface area contributed by atoms with Crippen LogP contribution in [0.2, 0.25) is 0 Å². The summed E-state index contributed by atoms with van der Waals surface area (Å²) in [4.78, 5) is 11.9. The number of hydrogen-bond donors (Lipinski definition) is 1. The van der Waals surface area contributed by atoms with Gasteiger partial charge in [0.2, 0.25) is 0 Å². The van der Waals surface area contributed by atoms with Gasteiger partial charge in [-0.25, -0.2) is 0 Å². The Hall–Kier alpha value is -1.15. The average Bonchev–Trinajstić information content (AvgIpc) is 2.87. The Bertz CT molecular complexity index is 657. The smallest absolute Gasteiger partial charge is 0.155 e. The largest absolute Gasteiger partial charge is 0.385 e. The quantitative estimate of drug-likeness (QED) is 0.719. The summed E-state index contributed by atoms with van der Waals surface area (Å²) in [5, 5.41) is 11.5. The molecule has 4 unspecified atom stereocenters. The highest BCUT2D eigenvalue weighted by Gasteiger charge is 2.63. The van der Waals surface area contributed by atoms with Gasteiger partial charge >= 0.3 is 0 Å². The maximum atomic E-state index is 11.9. The van der Waals surface area contributed by atoms with Crippen molar-refractivity contribution in [3.8, 4) is 0 Å². The van der Waals surface area contributed by atoms with Crippen LogP contribution in [0.3, 0.4) is 0 Å². The normalized spacial score (nSPS) is 46.6. The van der Waals surface area contributed by atoms with Gasteiger partial charge in [-0.05, 0) is 81.6 Å². The topological polar surface area (TPSA) is 37.3 Å². The number of aliphatic hydroxyl groups is 1. The summed E-state index contributed by atoms with van der Waals surface area (Å²) < 4.78 is 0. The minimum atomic E-state index is -0.673. The van der Waals surface area contributed by atoms with Crippen LogP contribution in [0.25, 0.3) is 0 Å². The van der Waals surface area contributed by atoms with Crippen LogP contribution in [0, 0.1) is 29.1 Å². The van der Waals surface area contributed by atoms with E-state index < -0.39 is 5.60 Å². The van der Waals surface area contributed by atoms with Gasteiger partial charge in [0.25, 0.3) is 0 Å². The van der Waals surface area contributed by atoms with E-state index in [0.717, 1.165) is 44.9 Å². The minimum absolute atomic E-state index is 0.0382. The zero-order valence-electron chi connectivity index (χ0n) is 15.8. The Labute approximate surface area is 152 Å². The summed E-state index contributed by atoms with van der Waals surface area (Å²) in [5.74, 6) is 2.61. The Morgan fingerprint density at radius 3 is 2.84 bits per heavy atom. The molecule has 0 aromatic rings. The number of fused-ring (bicyclic) bond motifs is 5. The molecule has 3 saturated carbocycles. The molecule has 0 saturated heterocycles. The fraction of sp³-hybridized carbons (Fsp3) is 0.696. The first-order valence-electron chi connectivity index (χ1n) is 10.2. The van der Waals surface area contributed by atoms with Crippen LogP contribution in [-0.2, 0) is 4.79 Å². The van der Waals surface area contributed by atoms with Gasteiger partial charge in [-0.15, -0.1) is 0 Å². The van der Waals surface area contributed by atoms with Crippen LogP contribution in [0.15, 0.2) is 36.0 Å². The highest BCUT2D eigenvalue weighted by Crippen LogP contribution is 2.67. The van der Waals surface area contributed by atoms with E-state index in [9.17, 15) is 9.90 Å². The molecule has 0 amide bonds. The van der Waals surface area contributed by atoms with Crippen LogP contribution in [-0.4, -0.2) is 16.5 Å². The lowest BCUT2D eigenvalue weighted by Crippen LogP contribution is -2.54. The van der Waals surface area contributed by atoms with Gasteiger partial charge in [0, 0.05) is 11.8 Å². The van der Waals surface area contributed by atoms with Gasteiger partial charge in [-0.1, -0.05) is 36.8 Å². The number of allylic oxidation sites excluding steroid dienone is 3. The van der Waals surface area contributed by atoms with Crippen molar-refractivity contribution in [1.29, 1.82) is 0 Å². The van der Waals surface area contributed by atoms with E-state index in [-0.39, 0.29) is 5.41 Å². The van der Waals surface area contributed by atoms with Gasteiger partial charge < -0.3 is 5.11 Å². The predicted molar refractivity (Wildman–Crippen MR) is 101 cm³/mol. The maximum Gasteiger partial charge on any atom is 0.155 e. The average molecular weight is 341 g/mol. The third-order valence-electron chi connectivity index (χ3n) is 8.20. The van der Waals surface area contributed by atoms with Gasteiger partial charge in [0.05, 0.1) is 5.60 Å². The van der Waals surface area contributed by atoms with Gasteiger partial charge in [0.1, 0.15) is 0 Å². The molecule has 2 heteroatoms. The molecule has 4 aliphatic rings. The second kappa shape index (κ2) is 5.94. The van der Waals surface area contributed by atoms with Crippen molar-refractivity contribution in [2.24, 2.45) is 29.1 Å². The molecule has 6 atom stereocenters. The number of hydrogen-bond acceptors (Lipinski definition) is 2. The van der Waals surface area contributed by atoms with E-state index in [4.69, 9.17) is 0 Å². The van der Waals surface area contributed by atoms with Crippen molar-refractivity contribution in [3.05, 3.63) is 36.0 Å². The van der Waals surface area contributed by atoms with Crippen LogP contribution in [0.5, 0.6) is 0 Å². The SMILES string of the molecule is C=C1C[C@@]2(CC)C(CC[C@@]2(O)/C=C/C)C2CCC3=CC(=O)CCC3C12. The molecule has 0 heterocycles. The molecular weight excluding hydrogens is 308 g/mol. The Morgan fingerprint density at radius 1 is 1.32 bits per heavy atom. The summed E-state index contributed by atoms with van der Waals surface area (Å²) >= 11 is 0. The number of carbonyl (C=O) groups is 1. The molecule has 4 aliphatic carbocycles. The molecule has 136 valence electrons. The third kappa shape index (κ3) is 2.29. The molecule has 4 rings (SSSR count). The predicted octanol–water partition coefficient (Wildman–Crippen LogP) is 4.99. The summed E-state index contributed by atoms with van der Waals surface area (Å²) in [6.07, 6.45) is 14.0. The van der Waals surface area contributed by atoms with Crippen molar-refractivity contribution in [2.45, 2.75) is 70.8 Å². The molecule has 0 aromatic heterocycles. The third-order valence-corrected chi connectivity index (χ3v) is 8.20. The van der Waals surface area contributed by atoms with Crippen molar-refractivity contribution < 1.29 is 9.90 Å². The summed E-state index contributed by atoms with van der Waals surface area (Å²) in [6.45, 7) is 8.82. The fourth-order valence-corrected chi connectivity index (χ4v) is 7.26. The van der Waals surface area contributed by atoms with E-state index >= 15 is 0 Å². The van der Waals surface area contributed by atoms with E-state index in [1.165, 1.54) is 11.1 Å². The molecular formula is C23H32O2. The molecule has 25 heavy (non-hydrogen) atoms. The van der Waals surface area contributed by atoms with Crippen LogP contribution >= 0.6 is 0 Å². The Balaban J connectivity index is 1.73. The number of carbonyl (C=O) groups excluding carboxylic acids is 1. The summed E-state index contributed by atoms with van der Waals surface area (Å²) in [5.41, 5.74) is 2.03. The Morgan fingerprint density at radius 2 is 2.12 bits per heavy atom. The molecule has 0 spiro atoms.